The van der Waals surface area contributed by atoms with Crippen LogP contribution in [0.2, 0.25) is 0 Å². The summed E-state index contributed by atoms with van der Waals surface area (Å²) >= 11 is 0. The van der Waals surface area contributed by atoms with Crippen LogP contribution in [0, 0.1) is 11.6 Å². The third kappa shape index (κ3) is 2.97. The molecule has 84 valence electrons. The number of aliphatic hydroxyl groups is 1. The molecule has 4 heteroatoms. The summed E-state index contributed by atoms with van der Waals surface area (Å²) in [6, 6.07) is 3.40. The maximum Gasteiger partial charge on any atom is 0.127 e. The third-order valence-electron chi connectivity index (χ3n) is 2.34. The van der Waals surface area contributed by atoms with Crippen molar-refractivity contribution in [1.82, 2.24) is 5.32 Å². The molecule has 0 aliphatic rings. The Morgan fingerprint density at radius 3 is 2.60 bits per heavy atom. The summed E-state index contributed by atoms with van der Waals surface area (Å²) in [5, 5.41) is 11.3. The van der Waals surface area contributed by atoms with Gasteiger partial charge in [-0.3, -0.25) is 5.32 Å². The van der Waals surface area contributed by atoms with Crippen molar-refractivity contribution in [2.24, 2.45) is 0 Å². The van der Waals surface area contributed by atoms with Crippen LogP contribution >= 0.6 is 0 Å². The van der Waals surface area contributed by atoms with E-state index in [2.05, 4.69) is 5.32 Å². The highest BCUT2D eigenvalue weighted by atomic mass is 19.1. The van der Waals surface area contributed by atoms with Gasteiger partial charge in [-0.15, -0.1) is 0 Å². The fraction of sp³-hybridized carbons (Fsp3) is 0.455. The lowest BCUT2D eigenvalue weighted by Crippen LogP contribution is -2.34. The molecule has 2 nitrogen and oxygen atoms in total. The summed E-state index contributed by atoms with van der Waals surface area (Å²) in [7, 11) is 0. The first-order valence-corrected chi connectivity index (χ1v) is 4.74. The topological polar surface area (TPSA) is 32.3 Å². The lowest BCUT2D eigenvalue weighted by molar-refractivity contribution is 0.246. The zero-order valence-corrected chi connectivity index (χ0v) is 8.85. The average Bonchev–Trinajstić information content (AvgIpc) is 2.18. The fourth-order valence-electron chi connectivity index (χ4n) is 1.48. The van der Waals surface area contributed by atoms with Crippen LogP contribution < -0.4 is 5.32 Å². The highest BCUT2D eigenvalue weighted by Crippen LogP contribution is 2.25. The van der Waals surface area contributed by atoms with Crippen molar-refractivity contribution in [2.75, 3.05) is 13.3 Å². The van der Waals surface area contributed by atoms with Crippen LogP contribution in [0.3, 0.4) is 0 Å². The SMILES string of the molecule is CC(C)(CNCO)c1cc(F)ccc1F. The molecule has 1 aromatic rings. The third-order valence-corrected chi connectivity index (χ3v) is 2.34. The van der Waals surface area contributed by atoms with Crippen molar-refractivity contribution in [2.45, 2.75) is 19.3 Å². The van der Waals surface area contributed by atoms with Crippen molar-refractivity contribution in [3.63, 3.8) is 0 Å². The molecule has 0 aliphatic carbocycles. The molecule has 0 aliphatic heterocycles. The monoisotopic (exact) mass is 215 g/mol. The summed E-state index contributed by atoms with van der Waals surface area (Å²) in [6.45, 7) is 3.77. The minimum atomic E-state index is -0.561. The Hall–Kier alpha value is -1.00. The lowest BCUT2D eigenvalue weighted by atomic mass is 9.84. The van der Waals surface area contributed by atoms with Gasteiger partial charge >= 0.3 is 0 Å². The van der Waals surface area contributed by atoms with Gasteiger partial charge in [-0.2, -0.15) is 0 Å². The van der Waals surface area contributed by atoms with Gasteiger partial charge in [-0.05, 0) is 23.8 Å². The van der Waals surface area contributed by atoms with E-state index in [4.69, 9.17) is 5.11 Å². The molecular weight excluding hydrogens is 200 g/mol. The second-order valence-corrected chi connectivity index (χ2v) is 4.09. The standard InChI is InChI=1S/C11H15F2NO/c1-11(2,6-14-7-15)9-5-8(12)3-4-10(9)13/h3-5,14-15H,6-7H2,1-2H3. The highest BCUT2D eigenvalue weighted by Gasteiger charge is 2.24. The van der Waals surface area contributed by atoms with E-state index in [0.29, 0.717) is 12.1 Å². The molecule has 0 atom stereocenters. The van der Waals surface area contributed by atoms with Crippen molar-refractivity contribution >= 4 is 0 Å². The summed E-state index contributed by atoms with van der Waals surface area (Å²) in [5.41, 5.74) is -0.252. The molecule has 0 aromatic heterocycles. The fourth-order valence-corrected chi connectivity index (χ4v) is 1.48. The first-order valence-electron chi connectivity index (χ1n) is 4.74. The van der Waals surface area contributed by atoms with E-state index in [1.54, 1.807) is 13.8 Å². The Bertz CT molecular complexity index is 339. The maximum atomic E-state index is 13.4. The molecule has 0 saturated carbocycles. The predicted octanol–water partition coefficient (Wildman–Crippen LogP) is 1.78. The minimum absolute atomic E-state index is 0.180. The van der Waals surface area contributed by atoms with E-state index in [1.165, 1.54) is 6.07 Å². The van der Waals surface area contributed by atoms with Crippen molar-refractivity contribution < 1.29 is 13.9 Å². The Morgan fingerprint density at radius 2 is 2.00 bits per heavy atom. The molecule has 0 fully saturated rings. The molecule has 2 N–H and O–H groups in total. The summed E-state index contributed by atoms with van der Waals surface area (Å²) in [6.07, 6.45) is 0. The number of halogens is 2. The molecule has 0 bridgehead atoms. The van der Waals surface area contributed by atoms with Gasteiger partial charge in [-0.25, -0.2) is 8.78 Å². The summed E-state index contributed by atoms with van der Waals surface area (Å²) in [4.78, 5) is 0. The van der Waals surface area contributed by atoms with Crippen molar-refractivity contribution in [3.05, 3.63) is 35.4 Å². The first-order chi connectivity index (χ1) is 6.97. The molecule has 1 aromatic carbocycles. The van der Waals surface area contributed by atoms with E-state index in [-0.39, 0.29) is 6.73 Å². The summed E-state index contributed by atoms with van der Waals surface area (Å²) in [5.74, 6) is -0.885. The molecule has 1 rings (SSSR count). The number of hydrogen-bond acceptors (Lipinski definition) is 2. The van der Waals surface area contributed by atoms with Crippen LogP contribution in [0.1, 0.15) is 19.4 Å². The van der Waals surface area contributed by atoms with E-state index >= 15 is 0 Å². The largest absolute Gasteiger partial charge is 0.381 e. The lowest BCUT2D eigenvalue weighted by Gasteiger charge is -2.25. The van der Waals surface area contributed by atoms with Gasteiger partial charge in [0.25, 0.3) is 0 Å². The highest BCUT2D eigenvalue weighted by molar-refractivity contribution is 5.26. The normalized spacial score (nSPS) is 11.8. The van der Waals surface area contributed by atoms with Crippen LogP contribution in [0.5, 0.6) is 0 Å². The molecule has 0 amide bonds. The molecule has 0 spiro atoms. The molecular formula is C11H15F2NO. The molecule has 0 saturated heterocycles. The van der Waals surface area contributed by atoms with Crippen LogP contribution in [0.25, 0.3) is 0 Å². The second kappa shape index (κ2) is 4.68. The van der Waals surface area contributed by atoms with Crippen LogP contribution in [0.4, 0.5) is 8.78 Å². The number of hydrogen-bond donors (Lipinski definition) is 2. The predicted molar refractivity (Wildman–Crippen MR) is 54.5 cm³/mol. The van der Waals surface area contributed by atoms with Gasteiger partial charge in [-0.1, -0.05) is 13.8 Å². The average molecular weight is 215 g/mol. The van der Waals surface area contributed by atoms with Gasteiger partial charge in [0, 0.05) is 12.0 Å². The zero-order chi connectivity index (χ0) is 11.5. The Balaban J connectivity index is 2.97. The zero-order valence-electron chi connectivity index (χ0n) is 8.85. The summed E-state index contributed by atoms with van der Waals surface area (Å²) < 4.78 is 26.4. The van der Waals surface area contributed by atoms with E-state index in [1.807, 2.05) is 0 Å². The van der Waals surface area contributed by atoms with E-state index in [9.17, 15) is 8.78 Å². The van der Waals surface area contributed by atoms with Gasteiger partial charge < -0.3 is 5.11 Å². The van der Waals surface area contributed by atoms with Crippen LogP contribution in [-0.2, 0) is 5.41 Å². The maximum absolute atomic E-state index is 13.4. The Morgan fingerprint density at radius 1 is 1.33 bits per heavy atom. The second-order valence-electron chi connectivity index (χ2n) is 4.09. The van der Waals surface area contributed by atoms with Gasteiger partial charge in [0.15, 0.2) is 0 Å². The van der Waals surface area contributed by atoms with Gasteiger partial charge in [0.05, 0.1) is 6.73 Å². The van der Waals surface area contributed by atoms with Crippen LogP contribution in [-0.4, -0.2) is 18.4 Å². The van der Waals surface area contributed by atoms with E-state index in [0.717, 1.165) is 12.1 Å². The molecule has 0 radical (unpaired) electrons. The number of benzene rings is 1. The quantitative estimate of drug-likeness (QED) is 0.750. The number of nitrogens with one attached hydrogen (secondary N) is 1. The Labute approximate surface area is 87.9 Å². The molecule has 15 heavy (non-hydrogen) atoms. The minimum Gasteiger partial charge on any atom is -0.381 e. The van der Waals surface area contributed by atoms with E-state index < -0.39 is 17.0 Å². The first kappa shape index (κ1) is 12.1. The Kier molecular flexibility index (Phi) is 3.77. The molecule has 0 unspecified atom stereocenters. The van der Waals surface area contributed by atoms with Crippen LogP contribution in [0.15, 0.2) is 18.2 Å². The number of rotatable bonds is 4. The van der Waals surface area contributed by atoms with Crippen molar-refractivity contribution in [3.8, 4) is 0 Å². The van der Waals surface area contributed by atoms with Gasteiger partial charge in [0.2, 0.25) is 0 Å². The van der Waals surface area contributed by atoms with Crippen molar-refractivity contribution in [1.29, 1.82) is 0 Å². The van der Waals surface area contributed by atoms with Gasteiger partial charge in [0.1, 0.15) is 11.6 Å². The molecule has 0 heterocycles. The smallest absolute Gasteiger partial charge is 0.127 e. The number of aliphatic hydroxyl groups excluding tert-OH is 1.